The Hall–Kier alpha value is -0.840. The van der Waals surface area contributed by atoms with Crippen molar-refractivity contribution >= 4 is 15.9 Å². The Bertz CT molecular complexity index is 463. The maximum absolute atomic E-state index is 11.9. The van der Waals surface area contributed by atoms with Gasteiger partial charge >= 0.3 is 5.69 Å². The highest BCUT2D eigenvalue weighted by atomic mass is 79.9. The van der Waals surface area contributed by atoms with Crippen LogP contribution in [0.15, 0.2) is 20.3 Å². The molecule has 0 unspecified atom stereocenters. The molecule has 1 fully saturated rings. The summed E-state index contributed by atoms with van der Waals surface area (Å²) in [5.74, 6) is 0. The van der Waals surface area contributed by atoms with Crippen LogP contribution in [0.2, 0.25) is 0 Å². The lowest BCUT2D eigenvalue weighted by Crippen LogP contribution is -2.41. The quantitative estimate of drug-likeness (QED) is 0.790. The van der Waals surface area contributed by atoms with Gasteiger partial charge in [0.25, 0.3) is 5.56 Å². The maximum atomic E-state index is 11.9. The first-order valence-corrected chi connectivity index (χ1v) is 6.38. The minimum absolute atomic E-state index is 0.0810. The third-order valence-corrected chi connectivity index (χ3v) is 3.72. The predicted octanol–water partition coefficient (Wildman–Crippen LogP) is 1.81. The lowest BCUT2D eigenvalue weighted by Gasteiger charge is -2.23. The van der Waals surface area contributed by atoms with Crippen LogP contribution in [-0.4, -0.2) is 9.13 Å². The van der Waals surface area contributed by atoms with E-state index in [1.54, 1.807) is 7.05 Å². The van der Waals surface area contributed by atoms with Crippen LogP contribution in [0, 0.1) is 0 Å². The molecule has 1 aromatic heterocycles. The summed E-state index contributed by atoms with van der Waals surface area (Å²) in [4.78, 5) is 23.9. The zero-order chi connectivity index (χ0) is 11.7. The summed E-state index contributed by atoms with van der Waals surface area (Å²) >= 11 is 3.20. The third-order valence-electron chi connectivity index (χ3n) is 3.18. The van der Waals surface area contributed by atoms with E-state index in [4.69, 9.17) is 0 Å². The van der Waals surface area contributed by atoms with E-state index in [-0.39, 0.29) is 17.3 Å². The molecular weight excluding hydrogens is 272 g/mol. The Balaban J connectivity index is 2.54. The summed E-state index contributed by atoms with van der Waals surface area (Å²) in [5, 5.41) is 0. The van der Waals surface area contributed by atoms with Crippen LogP contribution in [-0.2, 0) is 7.05 Å². The normalized spacial score (nSPS) is 17.6. The number of aryl methyl sites for hydroxylation is 1. The van der Waals surface area contributed by atoms with Gasteiger partial charge in [-0.1, -0.05) is 19.3 Å². The van der Waals surface area contributed by atoms with Crippen molar-refractivity contribution in [3.63, 3.8) is 0 Å². The number of hydrogen-bond donors (Lipinski definition) is 0. The molecule has 1 aliphatic carbocycles. The van der Waals surface area contributed by atoms with Gasteiger partial charge in [0.2, 0.25) is 0 Å². The molecule has 1 saturated carbocycles. The van der Waals surface area contributed by atoms with Crippen LogP contribution in [0.25, 0.3) is 0 Å². The first-order valence-electron chi connectivity index (χ1n) is 5.59. The fourth-order valence-electron chi connectivity index (χ4n) is 2.31. The standard InChI is InChI=1S/C11H15BrN2O2/c1-13-7-9(12)10(15)14(11(13)16)8-5-3-2-4-6-8/h7-8H,2-6H2,1H3. The number of rotatable bonds is 1. The van der Waals surface area contributed by atoms with Gasteiger partial charge in [-0.25, -0.2) is 4.79 Å². The molecule has 0 atom stereocenters. The smallest absolute Gasteiger partial charge is 0.302 e. The summed E-state index contributed by atoms with van der Waals surface area (Å²) in [6.07, 6.45) is 6.82. The highest BCUT2D eigenvalue weighted by molar-refractivity contribution is 9.10. The molecule has 5 heteroatoms. The molecular formula is C11H15BrN2O2. The average Bonchev–Trinajstić information content (AvgIpc) is 2.28. The lowest BCUT2D eigenvalue weighted by atomic mass is 9.95. The molecule has 0 amide bonds. The highest BCUT2D eigenvalue weighted by Crippen LogP contribution is 2.25. The van der Waals surface area contributed by atoms with Crippen LogP contribution in [0.4, 0.5) is 0 Å². The van der Waals surface area contributed by atoms with Crippen LogP contribution in [0.3, 0.4) is 0 Å². The molecule has 0 N–H and O–H groups in total. The van der Waals surface area contributed by atoms with E-state index < -0.39 is 0 Å². The Labute approximate surface area is 102 Å². The minimum Gasteiger partial charge on any atom is -0.302 e. The second kappa shape index (κ2) is 4.57. The van der Waals surface area contributed by atoms with E-state index >= 15 is 0 Å². The monoisotopic (exact) mass is 286 g/mol. The van der Waals surface area contributed by atoms with Gasteiger partial charge in [0.05, 0.1) is 4.47 Å². The summed E-state index contributed by atoms with van der Waals surface area (Å²) in [6.45, 7) is 0. The zero-order valence-electron chi connectivity index (χ0n) is 9.28. The number of halogens is 1. The largest absolute Gasteiger partial charge is 0.331 e. The Morgan fingerprint density at radius 1 is 1.25 bits per heavy atom. The molecule has 0 bridgehead atoms. The fourth-order valence-corrected chi connectivity index (χ4v) is 2.81. The predicted molar refractivity (Wildman–Crippen MR) is 65.8 cm³/mol. The Kier molecular flexibility index (Phi) is 3.33. The van der Waals surface area contributed by atoms with Crippen LogP contribution >= 0.6 is 15.9 Å². The molecule has 0 aliphatic heterocycles. The molecule has 1 aliphatic rings. The second-order valence-corrected chi connectivity index (χ2v) is 5.19. The van der Waals surface area contributed by atoms with Gasteiger partial charge in [-0.05, 0) is 28.8 Å². The molecule has 0 radical (unpaired) electrons. The van der Waals surface area contributed by atoms with E-state index in [2.05, 4.69) is 15.9 Å². The van der Waals surface area contributed by atoms with Crippen molar-refractivity contribution in [2.75, 3.05) is 0 Å². The Morgan fingerprint density at radius 3 is 2.50 bits per heavy atom. The van der Waals surface area contributed by atoms with Crippen LogP contribution in [0.1, 0.15) is 38.1 Å². The number of hydrogen-bond acceptors (Lipinski definition) is 2. The average molecular weight is 287 g/mol. The minimum atomic E-state index is -0.208. The second-order valence-electron chi connectivity index (χ2n) is 4.34. The van der Waals surface area contributed by atoms with Crippen molar-refractivity contribution in [1.29, 1.82) is 0 Å². The van der Waals surface area contributed by atoms with Crippen molar-refractivity contribution in [1.82, 2.24) is 9.13 Å². The van der Waals surface area contributed by atoms with E-state index in [1.165, 1.54) is 21.8 Å². The van der Waals surface area contributed by atoms with Crippen molar-refractivity contribution in [3.8, 4) is 0 Å². The number of nitrogens with zero attached hydrogens (tertiary/aromatic N) is 2. The summed E-state index contributed by atoms with van der Waals surface area (Å²) in [6, 6.07) is 0.0810. The van der Waals surface area contributed by atoms with Crippen molar-refractivity contribution in [3.05, 3.63) is 31.5 Å². The summed E-state index contributed by atoms with van der Waals surface area (Å²) in [5.41, 5.74) is -0.407. The molecule has 4 nitrogen and oxygen atoms in total. The third kappa shape index (κ3) is 2.00. The van der Waals surface area contributed by atoms with Gasteiger partial charge in [0, 0.05) is 19.3 Å². The van der Waals surface area contributed by atoms with Crippen LogP contribution < -0.4 is 11.2 Å². The van der Waals surface area contributed by atoms with Gasteiger partial charge in [-0.15, -0.1) is 0 Å². The van der Waals surface area contributed by atoms with E-state index in [0.29, 0.717) is 4.47 Å². The molecule has 0 aromatic carbocycles. The van der Waals surface area contributed by atoms with Gasteiger partial charge in [0.15, 0.2) is 0 Å². The van der Waals surface area contributed by atoms with E-state index in [1.807, 2.05) is 0 Å². The van der Waals surface area contributed by atoms with Crippen molar-refractivity contribution in [2.24, 2.45) is 7.05 Å². The molecule has 2 rings (SSSR count). The summed E-state index contributed by atoms with van der Waals surface area (Å²) in [7, 11) is 1.67. The molecule has 88 valence electrons. The molecule has 1 heterocycles. The van der Waals surface area contributed by atoms with Crippen molar-refractivity contribution in [2.45, 2.75) is 38.1 Å². The molecule has 16 heavy (non-hydrogen) atoms. The van der Waals surface area contributed by atoms with Gasteiger partial charge in [0.1, 0.15) is 0 Å². The first kappa shape index (κ1) is 11.6. The SMILES string of the molecule is Cn1cc(Br)c(=O)n(C2CCCCC2)c1=O. The van der Waals surface area contributed by atoms with E-state index in [0.717, 1.165) is 25.7 Å². The number of aromatic nitrogens is 2. The van der Waals surface area contributed by atoms with Crippen LogP contribution in [0.5, 0.6) is 0 Å². The lowest BCUT2D eigenvalue weighted by molar-refractivity contribution is 0.330. The van der Waals surface area contributed by atoms with Gasteiger partial charge in [-0.2, -0.15) is 0 Å². The Morgan fingerprint density at radius 2 is 1.88 bits per heavy atom. The fraction of sp³-hybridized carbons (Fsp3) is 0.636. The molecule has 0 saturated heterocycles. The molecule has 0 spiro atoms. The van der Waals surface area contributed by atoms with Gasteiger partial charge < -0.3 is 4.57 Å². The summed E-state index contributed by atoms with van der Waals surface area (Å²) < 4.78 is 3.32. The maximum Gasteiger partial charge on any atom is 0.331 e. The first-order chi connectivity index (χ1) is 7.61. The van der Waals surface area contributed by atoms with Crippen molar-refractivity contribution < 1.29 is 0 Å². The van der Waals surface area contributed by atoms with E-state index in [9.17, 15) is 9.59 Å². The highest BCUT2D eigenvalue weighted by Gasteiger charge is 2.20. The van der Waals surface area contributed by atoms with Gasteiger partial charge in [-0.3, -0.25) is 9.36 Å². The topological polar surface area (TPSA) is 44.0 Å². The molecule has 1 aromatic rings. The zero-order valence-corrected chi connectivity index (χ0v) is 10.9.